The molecule has 2 nitrogen and oxygen atoms in total. The van der Waals surface area contributed by atoms with Crippen molar-refractivity contribution >= 4 is 12.0 Å². The van der Waals surface area contributed by atoms with Gasteiger partial charge in [0.2, 0.25) is 0 Å². The molecule has 0 amide bonds. The van der Waals surface area contributed by atoms with E-state index < -0.39 is 0 Å². The average Bonchev–Trinajstić information content (AvgIpc) is 2.31. The average molecular weight is 216 g/mol. The summed E-state index contributed by atoms with van der Waals surface area (Å²) in [6.45, 7) is 5.72. The van der Waals surface area contributed by atoms with Crippen LogP contribution in [0, 0.1) is 0 Å². The lowest BCUT2D eigenvalue weighted by molar-refractivity contribution is -0.137. The largest absolute Gasteiger partial charge is 0.462 e. The molecule has 16 heavy (non-hydrogen) atoms. The minimum atomic E-state index is -0.370. The second-order valence-electron chi connectivity index (χ2n) is 3.36. The Morgan fingerprint density at radius 2 is 2.06 bits per heavy atom. The van der Waals surface area contributed by atoms with Gasteiger partial charge in [0, 0.05) is 12.5 Å². The van der Waals surface area contributed by atoms with Crippen molar-refractivity contribution in [2.45, 2.75) is 13.3 Å². The van der Waals surface area contributed by atoms with Crippen LogP contribution in [-0.2, 0) is 16.0 Å². The van der Waals surface area contributed by atoms with Crippen LogP contribution >= 0.6 is 0 Å². The van der Waals surface area contributed by atoms with Crippen LogP contribution < -0.4 is 0 Å². The first-order valence-electron chi connectivity index (χ1n) is 5.27. The molecule has 0 aliphatic rings. The van der Waals surface area contributed by atoms with Crippen molar-refractivity contribution < 1.29 is 9.53 Å². The van der Waals surface area contributed by atoms with Gasteiger partial charge in [-0.3, -0.25) is 0 Å². The Labute approximate surface area is 96.2 Å². The summed E-state index contributed by atoms with van der Waals surface area (Å²) in [7, 11) is 0. The third kappa shape index (κ3) is 4.13. The molecule has 1 aromatic carbocycles. The van der Waals surface area contributed by atoms with Gasteiger partial charge < -0.3 is 4.74 Å². The second-order valence-corrected chi connectivity index (χ2v) is 3.36. The summed E-state index contributed by atoms with van der Waals surface area (Å²) in [5.41, 5.74) is 2.33. The van der Waals surface area contributed by atoms with Crippen molar-refractivity contribution in [2.24, 2.45) is 0 Å². The van der Waals surface area contributed by atoms with E-state index in [4.69, 9.17) is 4.74 Å². The molecule has 0 bridgehead atoms. The van der Waals surface area contributed by atoms with Crippen molar-refractivity contribution in [2.75, 3.05) is 6.61 Å². The van der Waals surface area contributed by atoms with Crippen molar-refractivity contribution in [1.29, 1.82) is 0 Å². The Morgan fingerprint density at radius 1 is 1.38 bits per heavy atom. The van der Waals surface area contributed by atoms with Crippen LogP contribution in [0.1, 0.15) is 18.1 Å². The molecular formula is C14H16O2. The third-order valence-electron chi connectivity index (χ3n) is 2.14. The molecule has 0 aromatic heterocycles. The van der Waals surface area contributed by atoms with Crippen LogP contribution in [0.2, 0.25) is 0 Å². The quantitative estimate of drug-likeness (QED) is 0.558. The highest BCUT2D eigenvalue weighted by Crippen LogP contribution is 2.07. The lowest BCUT2D eigenvalue weighted by Crippen LogP contribution is -2.04. The molecule has 0 fully saturated rings. The van der Waals surface area contributed by atoms with Gasteiger partial charge in [-0.2, -0.15) is 0 Å². The van der Waals surface area contributed by atoms with Crippen LogP contribution in [0.25, 0.3) is 6.08 Å². The maximum atomic E-state index is 10.8. The monoisotopic (exact) mass is 216 g/mol. The number of hydrogen-bond donors (Lipinski definition) is 0. The standard InChI is InChI=1S/C14H16O2/c1-3-5-12-6-8-13(9-7-12)10-11-16-14(15)4-2/h3-9H,2,10-11H2,1H3/b5-3+. The van der Waals surface area contributed by atoms with Crippen LogP contribution in [0.5, 0.6) is 0 Å². The topological polar surface area (TPSA) is 26.3 Å². The molecule has 0 heterocycles. The number of rotatable bonds is 5. The SMILES string of the molecule is C=CC(=O)OCCc1ccc(/C=C/C)cc1. The van der Waals surface area contributed by atoms with Crippen LogP contribution in [-0.4, -0.2) is 12.6 Å². The Balaban J connectivity index is 2.43. The number of carbonyl (C=O) groups excluding carboxylic acids is 1. The van der Waals surface area contributed by atoms with E-state index in [2.05, 4.69) is 6.58 Å². The second kappa shape index (κ2) is 6.62. The normalized spacial score (nSPS) is 10.3. The van der Waals surface area contributed by atoms with Crippen molar-refractivity contribution in [3.05, 3.63) is 54.1 Å². The van der Waals surface area contributed by atoms with Gasteiger partial charge in [0.15, 0.2) is 0 Å². The molecule has 1 rings (SSSR count). The fraction of sp³-hybridized carbons (Fsp3) is 0.214. The Morgan fingerprint density at radius 3 is 2.62 bits per heavy atom. The number of allylic oxidation sites excluding steroid dienone is 1. The number of carbonyl (C=O) groups is 1. The van der Waals surface area contributed by atoms with E-state index in [1.165, 1.54) is 11.6 Å². The zero-order chi connectivity index (χ0) is 11.8. The molecule has 0 unspecified atom stereocenters. The van der Waals surface area contributed by atoms with E-state index >= 15 is 0 Å². The molecular weight excluding hydrogens is 200 g/mol. The summed E-state index contributed by atoms with van der Waals surface area (Å²) in [5.74, 6) is -0.370. The van der Waals surface area contributed by atoms with Gasteiger partial charge in [0.1, 0.15) is 0 Å². The Kier molecular flexibility index (Phi) is 5.06. The van der Waals surface area contributed by atoms with Crippen molar-refractivity contribution in [3.8, 4) is 0 Å². The van der Waals surface area contributed by atoms with Gasteiger partial charge in [-0.25, -0.2) is 4.79 Å². The Hall–Kier alpha value is -1.83. The lowest BCUT2D eigenvalue weighted by Gasteiger charge is -2.02. The summed E-state index contributed by atoms with van der Waals surface area (Å²) < 4.78 is 4.90. The van der Waals surface area contributed by atoms with Gasteiger partial charge in [-0.05, 0) is 18.1 Å². The molecule has 0 N–H and O–H groups in total. The first-order valence-corrected chi connectivity index (χ1v) is 5.27. The summed E-state index contributed by atoms with van der Waals surface area (Å²) in [6.07, 6.45) is 5.95. The molecule has 0 aliphatic heterocycles. The van der Waals surface area contributed by atoms with E-state index in [1.807, 2.05) is 43.3 Å². The van der Waals surface area contributed by atoms with Crippen molar-refractivity contribution in [1.82, 2.24) is 0 Å². The minimum absolute atomic E-state index is 0.370. The van der Waals surface area contributed by atoms with E-state index in [-0.39, 0.29) is 5.97 Å². The van der Waals surface area contributed by atoms with Gasteiger partial charge >= 0.3 is 5.97 Å². The van der Waals surface area contributed by atoms with Crippen LogP contribution in [0.3, 0.4) is 0 Å². The predicted molar refractivity (Wildman–Crippen MR) is 66.0 cm³/mol. The van der Waals surface area contributed by atoms with Gasteiger partial charge in [-0.15, -0.1) is 0 Å². The molecule has 84 valence electrons. The van der Waals surface area contributed by atoms with Gasteiger partial charge in [0.25, 0.3) is 0 Å². The number of hydrogen-bond acceptors (Lipinski definition) is 2. The summed E-state index contributed by atoms with van der Waals surface area (Å²) in [4.78, 5) is 10.8. The summed E-state index contributed by atoms with van der Waals surface area (Å²) in [5, 5.41) is 0. The molecule has 1 aromatic rings. The third-order valence-corrected chi connectivity index (χ3v) is 2.14. The van der Waals surface area contributed by atoms with Crippen LogP contribution in [0.15, 0.2) is 43.0 Å². The molecule has 0 saturated carbocycles. The van der Waals surface area contributed by atoms with Crippen LogP contribution in [0.4, 0.5) is 0 Å². The molecule has 2 heteroatoms. The van der Waals surface area contributed by atoms with Gasteiger partial charge in [0.05, 0.1) is 6.61 Å². The number of benzene rings is 1. The fourth-order valence-corrected chi connectivity index (χ4v) is 1.32. The highest BCUT2D eigenvalue weighted by molar-refractivity contribution is 5.81. The molecule has 0 atom stereocenters. The first kappa shape index (κ1) is 12.2. The smallest absolute Gasteiger partial charge is 0.330 e. The number of esters is 1. The van der Waals surface area contributed by atoms with E-state index in [1.54, 1.807) is 0 Å². The molecule has 0 radical (unpaired) electrons. The first-order chi connectivity index (χ1) is 7.76. The predicted octanol–water partition coefficient (Wildman–Crippen LogP) is 2.99. The zero-order valence-electron chi connectivity index (χ0n) is 9.48. The highest BCUT2D eigenvalue weighted by atomic mass is 16.5. The van der Waals surface area contributed by atoms with E-state index in [9.17, 15) is 4.79 Å². The molecule has 0 aliphatic carbocycles. The minimum Gasteiger partial charge on any atom is -0.462 e. The zero-order valence-corrected chi connectivity index (χ0v) is 9.48. The summed E-state index contributed by atoms with van der Waals surface area (Å²) in [6, 6.07) is 8.17. The lowest BCUT2D eigenvalue weighted by atomic mass is 10.1. The maximum absolute atomic E-state index is 10.8. The van der Waals surface area contributed by atoms with E-state index in [0.717, 1.165) is 12.0 Å². The Bertz CT molecular complexity index is 374. The molecule has 0 saturated heterocycles. The van der Waals surface area contributed by atoms with Crippen molar-refractivity contribution in [3.63, 3.8) is 0 Å². The number of ether oxygens (including phenoxy) is 1. The molecule has 0 spiro atoms. The maximum Gasteiger partial charge on any atom is 0.330 e. The summed E-state index contributed by atoms with van der Waals surface area (Å²) >= 11 is 0. The highest BCUT2D eigenvalue weighted by Gasteiger charge is 1.97. The fourth-order valence-electron chi connectivity index (χ4n) is 1.32. The van der Waals surface area contributed by atoms with E-state index in [0.29, 0.717) is 6.61 Å². The van der Waals surface area contributed by atoms with Gasteiger partial charge in [-0.1, -0.05) is 43.0 Å².